The maximum atomic E-state index is 8.82. The first-order valence-corrected chi connectivity index (χ1v) is 6.19. The molecule has 8 nitrogen and oxygen atoms in total. The van der Waals surface area contributed by atoms with Gasteiger partial charge in [0.1, 0.15) is 0 Å². The lowest BCUT2D eigenvalue weighted by Crippen LogP contribution is -2.13. The van der Waals surface area contributed by atoms with Crippen LogP contribution >= 0.6 is 15.9 Å². The summed E-state index contributed by atoms with van der Waals surface area (Å²) < 4.78 is 5.66. The first-order chi connectivity index (χ1) is 9.66. The van der Waals surface area contributed by atoms with Gasteiger partial charge in [0, 0.05) is 4.47 Å². The van der Waals surface area contributed by atoms with Crippen LogP contribution in [0.25, 0.3) is 0 Å². The largest absolute Gasteiger partial charge is 0.467 e. The second kappa shape index (κ2) is 6.14. The number of nitriles is 1. The number of nitrogens with two attached hydrogens (primary N) is 1. The molecule has 0 aliphatic rings. The van der Waals surface area contributed by atoms with Gasteiger partial charge in [-0.2, -0.15) is 20.2 Å². The van der Waals surface area contributed by atoms with Crippen molar-refractivity contribution in [2.24, 2.45) is 5.84 Å². The molecule has 0 aliphatic heterocycles. The van der Waals surface area contributed by atoms with Crippen molar-refractivity contribution in [3.63, 3.8) is 0 Å². The van der Waals surface area contributed by atoms with Crippen molar-refractivity contribution in [3.8, 4) is 12.1 Å². The number of benzene rings is 1. The Labute approximate surface area is 123 Å². The standard InChI is InChI=1S/C11H10BrN7O/c1-20-11-17-9(16-10(18-11)19-14)15-8-3-2-6(5-13)4-7(8)12/h2-4H,14H2,1H3,(H2,15,16,17,18,19). The normalized spacial score (nSPS) is 9.70. The van der Waals surface area contributed by atoms with Gasteiger partial charge in [0.15, 0.2) is 0 Å². The molecular weight excluding hydrogens is 326 g/mol. The van der Waals surface area contributed by atoms with Gasteiger partial charge in [-0.1, -0.05) is 0 Å². The number of aromatic nitrogens is 3. The van der Waals surface area contributed by atoms with Gasteiger partial charge in [-0.15, -0.1) is 0 Å². The second-order valence-corrected chi connectivity index (χ2v) is 4.40. The molecule has 20 heavy (non-hydrogen) atoms. The first kappa shape index (κ1) is 14.0. The summed E-state index contributed by atoms with van der Waals surface area (Å²) in [6.07, 6.45) is 0. The van der Waals surface area contributed by atoms with Crippen LogP contribution in [-0.2, 0) is 0 Å². The number of anilines is 3. The van der Waals surface area contributed by atoms with E-state index in [9.17, 15) is 0 Å². The molecule has 0 spiro atoms. The number of halogens is 1. The molecule has 4 N–H and O–H groups in total. The minimum atomic E-state index is 0.125. The summed E-state index contributed by atoms with van der Waals surface area (Å²) in [4.78, 5) is 12.0. The van der Waals surface area contributed by atoms with E-state index in [0.717, 1.165) is 0 Å². The molecule has 0 radical (unpaired) electrons. The van der Waals surface area contributed by atoms with E-state index in [1.165, 1.54) is 7.11 Å². The van der Waals surface area contributed by atoms with Crippen molar-refractivity contribution >= 4 is 33.5 Å². The number of nitrogens with zero attached hydrogens (tertiary/aromatic N) is 4. The summed E-state index contributed by atoms with van der Waals surface area (Å²) in [7, 11) is 1.44. The highest BCUT2D eigenvalue weighted by Gasteiger charge is 2.08. The molecule has 0 amide bonds. The molecule has 0 saturated heterocycles. The number of hydrogen-bond acceptors (Lipinski definition) is 8. The minimum absolute atomic E-state index is 0.125. The number of rotatable bonds is 4. The van der Waals surface area contributed by atoms with Gasteiger partial charge in [0.25, 0.3) is 0 Å². The summed E-state index contributed by atoms with van der Waals surface area (Å²) in [6.45, 7) is 0. The zero-order valence-corrected chi connectivity index (χ0v) is 12.0. The molecule has 0 aliphatic carbocycles. The lowest BCUT2D eigenvalue weighted by Gasteiger charge is -2.09. The number of hydrazine groups is 1. The van der Waals surface area contributed by atoms with Crippen LogP contribution in [-0.4, -0.2) is 22.1 Å². The summed E-state index contributed by atoms with van der Waals surface area (Å²) in [5.41, 5.74) is 3.56. The first-order valence-electron chi connectivity index (χ1n) is 5.39. The van der Waals surface area contributed by atoms with E-state index < -0.39 is 0 Å². The molecule has 0 atom stereocenters. The summed E-state index contributed by atoms with van der Waals surface area (Å²) in [6, 6.07) is 7.26. The fourth-order valence-corrected chi connectivity index (χ4v) is 1.85. The predicted molar refractivity (Wildman–Crippen MR) is 76.3 cm³/mol. The molecule has 0 unspecified atom stereocenters. The van der Waals surface area contributed by atoms with Crippen molar-refractivity contribution in [2.45, 2.75) is 0 Å². The van der Waals surface area contributed by atoms with Crippen LogP contribution in [0.3, 0.4) is 0 Å². The number of ether oxygens (including phenoxy) is 1. The van der Waals surface area contributed by atoms with Crippen molar-refractivity contribution in [1.82, 2.24) is 15.0 Å². The lowest BCUT2D eigenvalue weighted by atomic mass is 10.2. The Hall–Kier alpha value is -2.44. The molecule has 1 aromatic carbocycles. The van der Waals surface area contributed by atoms with Crippen molar-refractivity contribution in [1.29, 1.82) is 5.26 Å². The van der Waals surface area contributed by atoms with Gasteiger partial charge in [-0.25, -0.2) is 5.84 Å². The average molecular weight is 336 g/mol. The van der Waals surface area contributed by atoms with E-state index in [0.29, 0.717) is 15.7 Å². The highest BCUT2D eigenvalue weighted by Crippen LogP contribution is 2.26. The smallest absolute Gasteiger partial charge is 0.322 e. The van der Waals surface area contributed by atoms with Crippen LogP contribution in [0.15, 0.2) is 22.7 Å². The van der Waals surface area contributed by atoms with Crippen LogP contribution < -0.4 is 21.3 Å². The zero-order chi connectivity index (χ0) is 14.5. The third kappa shape index (κ3) is 3.11. The van der Waals surface area contributed by atoms with E-state index in [2.05, 4.69) is 41.6 Å². The lowest BCUT2D eigenvalue weighted by molar-refractivity contribution is 0.379. The van der Waals surface area contributed by atoms with Crippen LogP contribution in [0.2, 0.25) is 0 Å². The van der Waals surface area contributed by atoms with Gasteiger partial charge in [0.2, 0.25) is 11.9 Å². The van der Waals surface area contributed by atoms with Gasteiger partial charge < -0.3 is 10.1 Å². The Morgan fingerprint density at radius 3 is 2.65 bits per heavy atom. The number of nitrogens with one attached hydrogen (secondary N) is 2. The fraction of sp³-hybridized carbons (Fsp3) is 0.0909. The Bertz CT molecular complexity index is 648. The highest BCUT2D eigenvalue weighted by molar-refractivity contribution is 9.10. The monoisotopic (exact) mass is 335 g/mol. The molecule has 2 aromatic rings. The third-order valence-electron chi connectivity index (χ3n) is 2.27. The number of hydrogen-bond donors (Lipinski definition) is 3. The Morgan fingerprint density at radius 2 is 2.05 bits per heavy atom. The van der Waals surface area contributed by atoms with E-state index in [4.69, 9.17) is 15.8 Å². The molecule has 1 aromatic heterocycles. The Balaban J connectivity index is 2.32. The minimum Gasteiger partial charge on any atom is -0.467 e. The highest BCUT2D eigenvalue weighted by atomic mass is 79.9. The predicted octanol–water partition coefficient (Wildman–Crippen LogP) is 1.54. The van der Waals surface area contributed by atoms with Crippen LogP contribution in [0.4, 0.5) is 17.6 Å². The summed E-state index contributed by atoms with van der Waals surface area (Å²) in [5, 5.41) is 11.8. The molecule has 2 rings (SSSR count). The number of methoxy groups -OCH3 is 1. The van der Waals surface area contributed by atoms with E-state index in [-0.39, 0.29) is 17.9 Å². The fourth-order valence-electron chi connectivity index (χ4n) is 1.37. The van der Waals surface area contributed by atoms with E-state index >= 15 is 0 Å². The summed E-state index contributed by atoms with van der Waals surface area (Å²) >= 11 is 3.36. The maximum Gasteiger partial charge on any atom is 0.322 e. The maximum absolute atomic E-state index is 8.82. The molecule has 1 heterocycles. The number of nitrogen functional groups attached to an aromatic ring is 1. The summed E-state index contributed by atoms with van der Waals surface area (Å²) in [5.74, 6) is 5.70. The van der Waals surface area contributed by atoms with Gasteiger partial charge in [-0.05, 0) is 34.1 Å². The molecular formula is C11H10BrN7O. The van der Waals surface area contributed by atoms with Crippen molar-refractivity contribution in [3.05, 3.63) is 28.2 Å². The quantitative estimate of drug-likeness (QED) is 0.568. The van der Waals surface area contributed by atoms with Gasteiger partial charge in [-0.3, -0.25) is 5.43 Å². The van der Waals surface area contributed by atoms with Gasteiger partial charge in [0.05, 0.1) is 24.4 Å². The van der Waals surface area contributed by atoms with E-state index in [1.54, 1.807) is 18.2 Å². The molecule has 0 fully saturated rings. The molecule has 0 saturated carbocycles. The Morgan fingerprint density at radius 1 is 1.30 bits per heavy atom. The van der Waals surface area contributed by atoms with Crippen LogP contribution in [0.1, 0.15) is 5.56 Å². The zero-order valence-electron chi connectivity index (χ0n) is 10.4. The third-order valence-corrected chi connectivity index (χ3v) is 2.93. The molecule has 9 heteroatoms. The van der Waals surface area contributed by atoms with Gasteiger partial charge >= 0.3 is 6.01 Å². The van der Waals surface area contributed by atoms with Crippen LogP contribution in [0, 0.1) is 11.3 Å². The molecule has 0 bridgehead atoms. The topological polar surface area (TPSA) is 122 Å². The second-order valence-electron chi connectivity index (χ2n) is 3.55. The average Bonchev–Trinajstić information content (AvgIpc) is 2.48. The van der Waals surface area contributed by atoms with Crippen molar-refractivity contribution in [2.75, 3.05) is 17.9 Å². The van der Waals surface area contributed by atoms with Crippen LogP contribution in [0.5, 0.6) is 6.01 Å². The SMILES string of the molecule is COc1nc(NN)nc(Nc2ccc(C#N)cc2Br)n1. The van der Waals surface area contributed by atoms with Crippen molar-refractivity contribution < 1.29 is 4.74 Å². The Kier molecular flexibility index (Phi) is 4.29. The van der Waals surface area contributed by atoms with E-state index in [1.807, 2.05) is 6.07 Å². The molecule has 102 valence electrons.